The van der Waals surface area contributed by atoms with Crippen LogP contribution in [-0.2, 0) is 9.47 Å². The van der Waals surface area contributed by atoms with Crippen molar-refractivity contribution in [1.29, 1.82) is 0 Å². The molecule has 2 nitrogen and oxygen atoms in total. The Kier molecular flexibility index (Phi) is 21.7. The Labute approximate surface area is 126 Å². The van der Waals surface area contributed by atoms with Gasteiger partial charge in [0.15, 0.2) is 6.29 Å². The maximum absolute atomic E-state index is 5.02. The van der Waals surface area contributed by atoms with Gasteiger partial charge in [-0.2, -0.15) is 0 Å². The highest BCUT2D eigenvalue weighted by Crippen LogP contribution is 1.99. The molecule has 0 atom stereocenters. The van der Waals surface area contributed by atoms with E-state index in [2.05, 4.69) is 31.6 Å². The van der Waals surface area contributed by atoms with E-state index in [1.807, 2.05) is 0 Å². The molecule has 0 N–H and O–H groups in total. The van der Waals surface area contributed by atoms with E-state index in [0.717, 1.165) is 12.8 Å². The molecule has 0 spiro atoms. The summed E-state index contributed by atoms with van der Waals surface area (Å²) in [4.78, 5) is 0. The van der Waals surface area contributed by atoms with Crippen LogP contribution in [-0.4, -0.2) is 20.5 Å². The van der Waals surface area contributed by atoms with E-state index < -0.39 is 0 Å². The van der Waals surface area contributed by atoms with Crippen LogP contribution in [0, 0.1) is 24.2 Å². The maximum atomic E-state index is 5.02. The maximum Gasteiger partial charge on any atom is 0.167 e. The van der Waals surface area contributed by atoms with E-state index in [1.165, 1.54) is 38.5 Å². The molecule has 0 amide bonds. The Morgan fingerprint density at radius 1 is 0.850 bits per heavy atom. The predicted octanol–water partition coefficient (Wildman–Crippen LogP) is 4.78. The Hall–Kier alpha value is -0.960. The van der Waals surface area contributed by atoms with Crippen molar-refractivity contribution >= 4 is 0 Å². The third-order valence-electron chi connectivity index (χ3n) is 2.75. The number of ether oxygens (including phenoxy) is 2. The number of hydrogen-bond acceptors (Lipinski definition) is 2. The third kappa shape index (κ3) is 19.4. The number of hydrogen-bond donors (Lipinski definition) is 0. The SMILES string of the molecule is C#CCCCCC.CCCCCC#CCC(OC)OC. The van der Waals surface area contributed by atoms with Crippen LogP contribution in [0.3, 0.4) is 0 Å². The minimum Gasteiger partial charge on any atom is -0.355 e. The van der Waals surface area contributed by atoms with Crippen molar-refractivity contribution in [2.45, 2.75) is 77.9 Å². The highest BCUT2D eigenvalue weighted by Gasteiger charge is 1.99. The highest BCUT2D eigenvalue weighted by molar-refractivity contribution is 4.99. The minimum absolute atomic E-state index is 0.168. The molecule has 0 aliphatic rings. The molecular weight excluding hydrogens is 248 g/mol. The third-order valence-corrected chi connectivity index (χ3v) is 2.75. The van der Waals surface area contributed by atoms with Gasteiger partial charge < -0.3 is 9.47 Å². The summed E-state index contributed by atoms with van der Waals surface area (Å²) in [6.07, 6.45) is 14.9. The van der Waals surface area contributed by atoms with Gasteiger partial charge in [-0.3, -0.25) is 0 Å². The zero-order chi connectivity index (χ0) is 15.5. The zero-order valence-electron chi connectivity index (χ0n) is 13.8. The molecule has 0 saturated heterocycles. The Morgan fingerprint density at radius 2 is 1.40 bits per heavy atom. The quantitative estimate of drug-likeness (QED) is 0.344. The van der Waals surface area contributed by atoms with Gasteiger partial charge in [-0.1, -0.05) is 45.5 Å². The van der Waals surface area contributed by atoms with Crippen LogP contribution in [0.1, 0.15) is 71.6 Å². The van der Waals surface area contributed by atoms with Gasteiger partial charge in [-0.05, 0) is 12.8 Å². The molecule has 0 fully saturated rings. The first-order chi connectivity index (χ1) is 9.76. The van der Waals surface area contributed by atoms with Gasteiger partial charge in [0.25, 0.3) is 0 Å². The molecule has 0 aliphatic heterocycles. The van der Waals surface area contributed by atoms with Crippen LogP contribution in [0.15, 0.2) is 0 Å². The molecule has 0 aromatic heterocycles. The fourth-order valence-corrected chi connectivity index (χ4v) is 1.45. The molecule has 0 radical (unpaired) electrons. The van der Waals surface area contributed by atoms with Crippen molar-refractivity contribution < 1.29 is 9.47 Å². The highest BCUT2D eigenvalue weighted by atomic mass is 16.7. The summed E-state index contributed by atoms with van der Waals surface area (Å²) in [5.74, 6) is 8.76. The molecular formula is C18H32O2. The van der Waals surface area contributed by atoms with Crippen LogP contribution >= 0.6 is 0 Å². The van der Waals surface area contributed by atoms with E-state index in [9.17, 15) is 0 Å². The lowest BCUT2D eigenvalue weighted by Gasteiger charge is -2.08. The molecule has 116 valence electrons. The zero-order valence-corrected chi connectivity index (χ0v) is 13.8. The molecule has 0 aromatic rings. The van der Waals surface area contributed by atoms with Gasteiger partial charge in [-0.25, -0.2) is 0 Å². The van der Waals surface area contributed by atoms with Gasteiger partial charge in [0.05, 0.1) is 6.42 Å². The average Bonchev–Trinajstić information content (AvgIpc) is 2.48. The molecule has 0 heterocycles. The Bertz CT molecular complexity index is 263. The summed E-state index contributed by atoms with van der Waals surface area (Å²) in [6.45, 7) is 4.37. The fourth-order valence-electron chi connectivity index (χ4n) is 1.45. The smallest absolute Gasteiger partial charge is 0.167 e. The van der Waals surface area contributed by atoms with Gasteiger partial charge in [0.2, 0.25) is 0 Å². The second-order valence-electron chi connectivity index (χ2n) is 4.58. The monoisotopic (exact) mass is 280 g/mol. The summed E-state index contributed by atoms with van der Waals surface area (Å²) in [7, 11) is 3.26. The first-order valence-electron chi connectivity index (χ1n) is 7.71. The van der Waals surface area contributed by atoms with E-state index in [1.54, 1.807) is 14.2 Å². The van der Waals surface area contributed by atoms with Crippen LogP contribution < -0.4 is 0 Å². The van der Waals surface area contributed by atoms with Crippen LogP contribution in [0.25, 0.3) is 0 Å². The van der Waals surface area contributed by atoms with Gasteiger partial charge in [0.1, 0.15) is 0 Å². The van der Waals surface area contributed by atoms with Crippen molar-refractivity contribution in [1.82, 2.24) is 0 Å². The molecule has 2 heteroatoms. The molecule has 0 bridgehead atoms. The van der Waals surface area contributed by atoms with Gasteiger partial charge in [-0.15, -0.1) is 18.3 Å². The van der Waals surface area contributed by atoms with Crippen molar-refractivity contribution in [2.24, 2.45) is 0 Å². The number of unbranched alkanes of at least 4 members (excludes halogenated alkanes) is 6. The first kappa shape index (κ1) is 21.3. The predicted molar refractivity (Wildman–Crippen MR) is 87.3 cm³/mol. The molecule has 20 heavy (non-hydrogen) atoms. The molecule has 0 aromatic carbocycles. The van der Waals surface area contributed by atoms with Crippen molar-refractivity contribution in [3.8, 4) is 24.2 Å². The van der Waals surface area contributed by atoms with Crippen LogP contribution in [0.2, 0.25) is 0 Å². The van der Waals surface area contributed by atoms with Crippen LogP contribution in [0.4, 0.5) is 0 Å². The Morgan fingerprint density at radius 3 is 1.85 bits per heavy atom. The van der Waals surface area contributed by atoms with E-state index in [4.69, 9.17) is 15.9 Å². The van der Waals surface area contributed by atoms with Crippen molar-refractivity contribution in [3.63, 3.8) is 0 Å². The normalized spacial score (nSPS) is 9.20. The van der Waals surface area contributed by atoms with E-state index in [-0.39, 0.29) is 6.29 Å². The first-order valence-corrected chi connectivity index (χ1v) is 7.71. The van der Waals surface area contributed by atoms with Gasteiger partial charge >= 0.3 is 0 Å². The summed E-state index contributed by atoms with van der Waals surface area (Å²) in [5, 5.41) is 0. The lowest BCUT2D eigenvalue weighted by Crippen LogP contribution is -2.11. The minimum atomic E-state index is -0.168. The lowest BCUT2D eigenvalue weighted by molar-refractivity contribution is -0.0972. The van der Waals surface area contributed by atoms with Crippen LogP contribution in [0.5, 0.6) is 0 Å². The van der Waals surface area contributed by atoms with Crippen molar-refractivity contribution in [3.05, 3.63) is 0 Å². The van der Waals surface area contributed by atoms with E-state index in [0.29, 0.717) is 6.42 Å². The Balaban J connectivity index is 0. The van der Waals surface area contributed by atoms with E-state index >= 15 is 0 Å². The van der Waals surface area contributed by atoms with Crippen molar-refractivity contribution in [2.75, 3.05) is 14.2 Å². The molecule has 0 aliphatic carbocycles. The average molecular weight is 280 g/mol. The molecule has 0 rings (SSSR count). The summed E-state index contributed by atoms with van der Waals surface area (Å²) in [6, 6.07) is 0. The lowest BCUT2D eigenvalue weighted by atomic mass is 10.2. The number of rotatable bonds is 9. The largest absolute Gasteiger partial charge is 0.355 e. The summed E-state index contributed by atoms with van der Waals surface area (Å²) < 4.78 is 10.0. The second-order valence-corrected chi connectivity index (χ2v) is 4.58. The number of methoxy groups -OCH3 is 2. The summed E-state index contributed by atoms with van der Waals surface area (Å²) >= 11 is 0. The standard InChI is InChI=1S/C11H20O2.C7H12/c1-4-5-6-7-8-9-10-11(12-2)13-3;1-3-5-7-6-4-2/h11H,4-7,10H2,1-3H3;1H,4-7H2,2H3. The molecule has 0 saturated carbocycles. The fraction of sp³-hybridized carbons (Fsp3) is 0.778. The topological polar surface area (TPSA) is 18.5 Å². The summed E-state index contributed by atoms with van der Waals surface area (Å²) in [5.41, 5.74) is 0. The second kappa shape index (κ2) is 20.4. The number of terminal acetylenes is 1. The molecule has 0 unspecified atom stereocenters. The van der Waals surface area contributed by atoms with Gasteiger partial charge in [0, 0.05) is 27.1 Å².